The Morgan fingerprint density at radius 1 is 1.30 bits per heavy atom. The molecular weight excluding hydrogens is 312 g/mol. The number of aromatic nitrogens is 1. The lowest BCUT2D eigenvalue weighted by atomic mass is 10.1. The van der Waals surface area contributed by atoms with Gasteiger partial charge in [-0.25, -0.2) is 8.42 Å². The van der Waals surface area contributed by atoms with Crippen molar-refractivity contribution in [1.82, 2.24) is 9.46 Å². The van der Waals surface area contributed by atoms with E-state index in [-0.39, 0.29) is 6.04 Å². The van der Waals surface area contributed by atoms with E-state index in [0.29, 0.717) is 17.2 Å². The molecule has 2 heterocycles. The largest absolute Gasteiger partial charge is 0.359 e. The topological polar surface area (TPSA) is 63.4 Å². The summed E-state index contributed by atoms with van der Waals surface area (Å²) in [5.41, 5.74) is 2.57. The minimum absolute atomic E-state index is 0.257. The summed E-state index contributed by atoms with van der Waals surface area (Å²) in [6.45, 7) is 6.26. The second-order valence-electron chi connectivity index (χ2n) is 6.12. The zero-order valence-electron chi connectivity index (χ0n) is 13.7. The van der Waals surface area contributed by atoms with Crippen molar-refractivity contribution in [3.63, 3.8) is 0 Å². The van der Waals surface area contributed by atoms with Gasteiger partial charge >= 0.3 is 0 Å². The van der Waals surface area contributed by atoms with E-state index < -0.39 is 10.0 Å². The van der Waals surface area contributed by atoms with E-state index >= 15 is 0 Å². The monoisotopic (exact) mass is 334 g/mol. The molecule has 0 spiro atoms. The fraction of sp³-hybridized carbons (Fsp3) is 0.471. The molecule has 6 heteroatoms. The van der Waals surface area contributed by atoms with Gasteiger partial charge in [-0.3, -0.25) is 0 Å². The third kappa shape index (κ3) is 2.93. The number of hydrogen-bond donors (Lipinski definition) is 0. The van der Waals surface area contributed by atoms with E-state index in [4.69, 9.17) is 4.52 Å². The van der Waals surface area contributed by atoms with E-state index in [9.17, 15) is 8.42 Å². The van der Waals surface area contributed by atoms with Crippen LogP contribution < -0.4 is 0 Å². The Morgan fingerprint density at radius 3 is 2.78 bits per heavy atom. The number of rotatable bonds is 4. The smallest absolute Gasteiger partial charge is 0.244 e. The molecule has 23 heavy (non-hydrogen) atoms. The number of sulfonamides is 1. The molecule has 1 aliphatic rings. The molecule has 3 rings (SSSR count). The third-order valence-corrected chi connectivity index (χ3v) is 6.45. The molecule has 1 fully saturated rings. The van der Waals surface area contributed by atoms with Gasteiger partial charge in [0.2, 0.25) is 10.0 Å². The summed E-state index contributed by atoms with van der Waals surface area (Å²) in [6, 6.07) is 7.16. The van der Waals surface area contributed by atoms with E-state index in [1.807, 2.05) is 39.0 Å². The molecule has 1 aromatic carbocycles. The fourth-order valence-electron chi connectivity index (χ4n) is 3.08. The number of nitrogens with zero attached hydrogens (tertiary/aromatic N) is 2. The summed E-state index contributed by atoms with van der Waals surface area (Å²) in [5, 5.41) is 4.00. The fourth-order valence-corrected chi connectivity index (χ4v) is 5.05. The summed E-state index contributed by atoms with van der Waals surface area (Å²) in [4.78, 5) is 0.389. The van der Waals surface area contributed by atoms with Crippen molar-refractivity contribution in [2.24, 2.45) is 0 Å². The van der Waals surface area contributed by atoms with Crippen LogP contribution in [0.1, 0.15) is 48.4 Å². The maximum Gasteiger partial charge on any atom is 0.244 e. The Labute approximate surface area is 137 Å². The van der Waals surface area contributed by atoms with Crippen LogP contribution in [0, 0.1) is 13.8 Å². The van der Waals surface area contributed by atoms with Gasteiger partial charge in [-0.05, 0) is 50.3 Å². The predicted octanol–water partition coefficient (Wildman–Crippen LogP) is 3.38. The van der Waals surface area contributed by atoms with Crippen molar-refractivity contribution in [1.29, 1.82) is 0 Å². The van der Waals surface area contributed by atoms with Crippen LogP contribution >= 0.6 is 0 Å². The maximum absolute atomic E-state index is 13.1. The highest BCUT2D eigenvalue weighted by atomic mass is 32.2. The molecule has 1 aromatic heterocycles. The first-order valence-corrected chi connectivity index (χ1v) is 9.42. The number of hydrogen-bond acceptors (Lipinski definition) is 4. The van der Waals surface area contributed by atoms with Crippen molar-refractivity contribution < 1.29 is 12.9 Å². The summed E-state index contributed by atoms with van der Waals surface area (Å²) in [7, 11) is -3.54. The average Bonchev–Trinajstić information content (AvgIpc) is 3.17. The first kappa shape index (κ1) is 16.2. The van der Waals surface area contributed by atoms with Crippen LogP contribution in [0.5, 0.6) is 0 Å². The van der Waals surface area contributed by atoms with E-state index in [1.165, 1.54) is 0 Å². The lowest BCUT2D eigenvalue weighted by Crippen LogP contribution is -2.31. The molecule has 1 aliphatic heterocycles. The van der Waals surface area contributed by atoms with Crippen molar-refractivity contribution in [3.05, 3.63) is 46.8 Å². The molecule has 0 radical (unpaired) electrons. The second kappa shape index (κ2) is 6.09. The van der Waals surface area contributed by atoms with Crippen LogP contribution in [0.3, 0.4) is 0 Å². The molecule has 1 saturated heterocycles. The van der Waals surface area contributed by atoms with Gasteiger partial charge in [-0.2, -0.15) is 4.31 Å². The van der Waals surface area contributed by atoms with E-state index in [1.54, 1.807) is 10.4 Å². The molecule has 0 aliphatic carbocycles. The van der Waals surface area contributed by atoms with Gasteiger partial charge < -0.3 is 4.52 Å². The molecular formula is C17H22N2O3S. The van der Waals surface area contributed by atoms with E-state index in [0.717, 1.165) is 36.1 Å². The maximum atomic E-state index is 13.1. The van der Waals surface area contributed by atoms with Gasteiger partial charge in [-0.15, -0.1) is 0 Å². The molecule has 5 nitrogen and oxygen atoms in total. The van der Waals surface area contributed by atoms with Gasteiger partial charge in [0, 0.05) is 12.6 Å². The zero-order chi connectivity index (χ0) is 16.6. The highest BCUT2D eigenvalue weighted by Crippen LogP contribution is 2.37. The Bertz CT molecular complexity index is 811. The van der Waals surface area contributed by atoms with Crippen LogP contribution in [0.25, 0.3) is 0 Å². The lowest BCUT2D eigenvalue weighted by Gasteiger charge is -2.23. The minimum atomic E-state index is -3.54. The standard InChI is InChI=1S/C17H22N2O3S/c1-4-14-11-16(22-18-14)15-6-5-9-19(15)23(20,21)17-10-12(2)7-8-13(17)3/h7-8,10-11,15H,4-6,9H2,1-3H3/t15-/m1/s1. The Hall–Kier alpha value is -1.66. The normalized spacial score (nSPS) is 19.3. The van der Waals surface area contributed by atoms with Crippen molar-refractivity contribution in [2.75, 3.05) is 6.54 Å². The van der Waals surface area contributed by atoms with Crippen molar-refractivity contribution >= 4 is 10.0 Å². The third-order valence-electron chi connectivity index (χ3n) is 4.40. The molecule has 0 bridgehead atoms. The van der Waals surface area contributed by atoms with Crippen LogP contribution in [0.4, 0.5) is 0 Å². The Morgan fingerprint density at radius 2 is 2.09 bits per heavy atom. The second-order valence-corrected chi connectivity index (χ2v) is 7.98. The predicted molar refractivity (Wildman–Crippen MR) is 87.7 cm³/mol. The highest BCUT2D eigenvalue weighted by molar-refractivity contribution is 7.89. The van der Waals surface area contributed by atoms with Gasteiger partial charge in [0.1, 0.15) is 0 Å². The highest BCUT2D eigenvalue weighted by Gasteiger charge is 2.38. The molecule has 2 aromatic rings. The van der Waals surface area contributed by atoms with Crippen LogP contribution in [-0.4, -0.2) is 24.4 Å². The quantitative estimate of drug-likeness (QED) is 0.860. The zero-order valence-corrected chi connectivity index (χ0v) is 14.6. The van der Waals surface area contributed by atoms with Gasteiger partial charge in [0.15, 0.2) is 5.76 Å². The SMILES string of the molecule is CCc1cc([C@H]2CCCN2S(=O)(=O)c2cc(C)ccc2C)on1. The van der Waals surface area contributed by atoms with Crippen molar-refractivity contribution in [3.8, 4) is 0 Å². The molecule has 0 N–H and O–H groups in total. The summed E-state index contributed by atoms with van der Waals surface area (Å²) in [5.74, 6) is 0.647. The lowest BCUT2D eigenvalue weighted by molar-refractivity contribution is 0.296. The minimum Gasteiger partial charge on any atom is -0.359 e. The summed E-state index contributed by atoms with van der Waals surface area (Å²) < 4.78 is 33.2. The summed E-state index contributed by atoms with van der Waals surface area (Å²) >= 11 is 0. The van der Waals surface area contributed by atoms with Crippen LogP contribution in [-0.2, 0) is 16.4 Å². The first-order valence-electron chi connectivity index (χ1n) is 7.98. The number of aryl methyl sites for hydroxylation is 3. The molecule has 1 atom stereocenters. The van der Waals surface area contributed by atoms with E-state index in [2.05, 4.69) is 5.16 Å². The van der Waals surface area contributed by atoms with Gasteiger partial charge in [0.25, 0.3) is 0 Å². The summed E-state index contributed by atoms with van der Waals surface area (Å²) in [6.07, 6.45) is 2.37. The Balaban J connectivity index is 1.99. The first-order chi connectivity index (χ1) is 10.9. The molecule has 124 valence electrons. The van der Waals surface area contributed by atoms with Crippen molar-refractivity contribution in [2.45, 2.75) is 51.0 Å². The number of benzene rings is 1. The Kier molecular flexibility index (Phi) is 4.29. The molecule has 0 unspecified atom stereocenters. The molecule has 0 saturated carbocycles. The van der Waals surface area contributed by atoms with Crippen LogP contribution in [0.2, 0.25) is 0 Å². The van der Waals surface area contributed by atoms with Gasteiger partial charge in [-0.1, -0.05) is 24.2 Å². The molecule has 0 amide bonds. The van der Waals surface area contributed by atoms with Gasteiger partial charge in [0.05, 0.1) is 16.6 Å². The van der Waals surface area contributed by atoms with Crippen LogP contribution in [0.15, 0.2) is 33.7 Å². The average molecular weight is 334 g/mol.